The van der Waals surface area contributed by atoms with Gasteiger partial charge in [0.05, 0.1) is 22.1 Å². The van der Waals surface area contributed by atoms with Crippen molar-refractivity contribution in [1.82, 2.24) is 9.13 Å². The fraction of sp³-hybridized carbons (Fsp3) is 0. The number of furan rings is 1. The molecule has 0 aliphatic rings. The first kappa shape index (κ1) is 39.8. The van der Waals surface area contributed by atoms with Gasteiger partial charge in [0, 0.05) is 60.8 Å². The highest BCUT2D eigenvalue weighted by atomic mass is 16.3. The Hall–Kier alpha value is -9.38. The van der Waals surface area contributed by atoms with E-state index in [1.807, 2.05) is 12.1 Å². The monoisotopic (exact) mass is 893 g/mol. The molecule has 0 bridgehead atoms. The average molecular weight is 894 g/mol. The molecule has 0 radical (unpaired) electrons. The first-order valence-electron chi connectivity index (χ1n) is 23.9. The number of benzene rings is 11. The molecule has 4 nitrogen and oxygen atoms in total. The van der Waals surface area contributed by atoms with Crippen molar-refractivity contribution in [3.8, 4) is 44.8 Å². The lowest BCUT2D eigenvalue weighted by Gasteiger charge is -2.26. The Balaban J connectivity index is 0.849. The van der Waals surface area contributed by atoms with Gasteiger partial charge in [-0.05, 0) is 143 Å². The fourth-order valence-corrected chi connectivity index (χ4v) is 10.8. The maximum atomic E-state index is 6.16. The highest BCUT2D eigenvalue weighted by Gasteiger charge is 2.18. The van der Waals surface area contributed by atoms with Gasteiger partial charge in [-0.3, -0.25) is 0 Å². The summed E-state index contributed by atoms with van der Waals surface area (Å²) < 4.78 is 10.9. The summed E-state index contributed by atoms with van der Waals surface area (Å²) in [4.78, 5) is 2.36. The summed E-state index contributed by atoms with van der Waals surface area (Å²) in [5, 5.41) is 7.24. The van der Waals surface area contributed by atoms with Crippen molar-refractivity contribution in [1.29, 1.82) is 0 Å². The van der Waals surface area contributed by atoms with Gasteiger partial charge in [-0.2, -0.15) is 0 Å². The lowest BCUT2D eigenvalue weighted by Crippen LogP contribution is -2.09. The molecule has 0 aliphatic carbocycles. The molecule has 0 unspecified atom stereocenters. The van der Waals surface area contributed by atoms with Gasteiger partial charge in [-0.1, -0.05) is 152 Å². The Morgan fingerprint density at radius 3 is 1.21 bits per heavy atom. The Morgan fingerprint density at radius 1 is 0.243 bits per heavy atom. The lowest BCUT2D eigenvalue weighted by molar-refractivity contribution is 0.669. The van der Waals surface area contributed by atoms with Gasteiger partial charge >= 0.3 is 0 Å². The molecule has 0 N–H and O–H groups in total. The summed E-state index contributed by atoms with van der Waals surface area (Å²) >= 11 is 0. The molecule has 0 aliphatic heterocycles. The van der Waals surface area contributed by atoms with Crippen LogP contribution >= 0.6 is 0 Å². The van der Waals surface area contributed by atoms with E-state index in [1.54, 1.807) is 0 Å². The number of anilines is 3. The Labute approximate surface area is 404 Å². The van der Waals surface area contributed by atoms with E-state index < -0.39 is 0 Å². The Kier molecular flexibility index (Phi) is 9.17. The molecule has 3 heterocycles. The van der Waals surface area contributed by atoms with E-state index in [1.165, 1.54) is 60.3 Å². The molecule has 0 spiro atoms. The highest BCUT2D eigenvalue weighted by molar-refractivity contribution is 6.12. The zero-order chi connectivity index (χ0) is 46.1. The molecular weight excluding hydrogens is 851 g/mol. The van der Waals surface area contributed by atoms with Crippen molar-refractivity contribution < 1.29 is 4.42 Å². The Morgan fingerprint density at radius 2 is 0.629 bits per heavy atom. The van der Waals surface area contributed by atoms with Crippen molar-refractivity contribution in [2.75, 3.05) is 4.90 Å². The summed E-state index contributed by atoms with van der Waals surface area (Å²) in [6.07, 6.45) is 0. The Bertz CT molecular complexity index is 4260. The molecule has 0 saturated carbocycles. The van der Waals surface area contributed by atoms with Crippen LogP contribution in [-0.2, 0) is 0 Å². The zero-order valence-electron chi connectivity index (χ0n) is 38.1. The van der Waals surface area contributed by atoms with E-state index in [2.05, 4.69) is 263 Å². The van der Waals surface area contributed by atoms with Crippen molar-refractivity contribution in [3.05, 3.63) is 261 Å². The van der Waals surface area contributed by atoms with E-state index in [4.69, 9.17) is 4.42 Å². The van der Waals surface area contributed by atoms with Crippen LogP contribution in [0.1, 0.15) is 0 Å². The van der Waals surface area contributed by atoms with Crippen LogP contribution in [0.3, 0.4) is 0 Å². The SMILES string of the molecule is c1ccc(-n2c3ccccc3c3cc(-c4ccc(N(c5ccc(-c6ccc7oc8ccccc8c7c6)cc5)c5ccc(-c6ccc7c8ccccc8n(-c8ccccc8)c7c6)cc5)cc4)ccc32)cc1. The number of nitrogens with zero attached hydrogens (tertiary/aromatic N) is 3. The van der Waals surface area contributed by atoms with E-state index >= 15 is 0 Å². The van der Waals surface area contributed by atoms with E-state index in [0.717, 1.165) is 67.1 Å². The molecule has 0 amide bonds. The van der Waals surface area contributed by atoms with Gasteiger partial charge in [-0.25, -0.2) is 0 Å². The highest BCUT2D eigenvalue weighted by Crippen LogP contribution is 2.41. The van der Waals surface area contributed by atoms with E-state index in [-0.39, 0.29) is 0 Å². The van der Waals surface area contributed by atoms with Crippen LogP contribution in [0.25, 0.3) is 110 Å². The molecule has 0 atom stereocenters. The van der Waals surface area contributed by atoms with Crippen LogP contribution < -0.4 is 4.90 Å². The molecule has 14 aromatic rings. The topological polar surface area (TPSA) is 26.2 Å². The molecule has 11 aromatic carbocycles. The lowest BCUT2D eigenvalue weighted by atomic mass is 10.0. The van der Waals surface area contributed by atoms with Crippen molar-refractivity contribution >= 4 is 82.6 Å². The second-order valence-corrected chi connectivity index (χ2v) is 18.1. The second-order valence-electron chi connectivity index (χ2n) is 18.1. The summed E-state index contributed by atoms with van der Waals surface area (Å²) in [5.74, 6) is 0. The number of hydrogen-bond donors (Lipinski definition) is 0. The van der Waals surface area contributed by atoms with Crippen molar-refractivity contribution in [2.45, 2.75) is 0 Å². The maximum Gasteiger partial charge on any atom is 0.135 e. The van der Waals surface area contributed by atoms with Crippen LogP contribution in [0.5, 0.6) is 0 Å². The van der Waals surface area contributed by atoms with Crippen LogP contribution in [0.4, 0.5) is 17.1 Å². The maximum absolute atomic E-state index is 6.16. The number of aromatic nitrogens is 2. The van der Waals surface area contributed by atoms with Gasteiger partial charge < -0.3 is 18.5 Å². The predicted octanol–water partition coefficient (Wildman–Crippen LogP) is 18.3. The quantitative estimate of drug-likeness (QED) is 0.152. The molecule has 3 aromatic heterocycles. The third-order valence-electron chi connectivity index (χ3n) is 14.1. The molecule has 70 heavy (non-hydrogen) atoms. The average Bonchev–Trinajstić information content (AvgIpc) is 4.09. The van der Waals surface area contributed by atoms with Gasteiger partial charge in [0.15, 0.2) is 0 Å². The first-order valence-corrected chi connectivity index (χ1v) is 23.9. The summed E-state index contributed by atoms with van der Waals surface area (Å²) in [6, 6.07) is 94.2. The van der Waals surface area contributed by atoms with Crippen LogP contribution in [-0.4, -0.2) is 9.13 Å². The zero-order valence-corrected chi connectivity index (χ0v) is 38.1. The minimum atomic E-state index is 0.900. The molecule has 328 valence electrons. The number of para-hydroxylation sites is 5. The fourth-order valence-electron chi connectivity index (χ4n) is 10.8. The van der Waals surface area contributed by atoms with E-state index in [9.17, 15) is 0 Å². The summed E-state index contributed by atoms with van der Waals surface area (Å²) in [5.41, 5.74) is 19.1. The molecule has 0 fully saturated rings. The number of rotatable bonds is 8. The molecular formula is C66H43N3O. The standard InChI is InChI=1S/C66H43N3O/c1-3-13-50(14-4-1)68-62-21-11-8-18-56(62)59-41-47(30-39-63(59)68)44-23-32-52(33-24-44)67(53-34-25-45(26-35-53)48-31-40-66-60(42-48)58-19-9-12-22-65(58)70-66)54-36-27-46(28-37-54)49-29-38-57-55-17-7-10-20-61(55)69(64(57)43-49)51-15-5-2-6-16-51/h1-43H. The largest absolute Gasteiger partial charge is 0.456 e. The predicted molar refractivity (Wildman–Crippen MR) is 293 cm³/mol. The minimum absolute atomic E-state index is 0.900. The molecule has 14 rings (SSSR count). The first-order chi connectivity index (χ1) is 34.7. The number of hydrogen-bond acceptors (Lipinski definition) is 2. The van der Waals surface area contributed by atoms with Gasteiger partial charge in [0.25, 0.3) is 0 Å². The second kappa shape index (κ2) is 16.2. The third kappa shape index (κ3) is 6.53. The summed E-state index contributed by atoms with van der Waals surface area (Å²) in [7, 11) is 0. The molecule has 4 heteroatoms. The normalized spacial score (nSPS) is 11.7. The van der Waals surface area contributed by atoms with Crippen LogP contribution in [0.2, 0.25) is 0 Å². The number of fused-ring (bicyclic) bond motifs is 9. The van der Waals surface area contributed by atoms with Crippen LogP contribution in [0, 0.1) is 0 Å². The van der Waals surface area contributed by atoms with Gasteiger partial charge in [0.2, 0.25) is 0 Å². The minimum Gasteiger partial charge on any atom is -0.456 e. The summed E-state index contributed by atoms with van der Waals surface area (Å²) in [6.45, 7) is 0. The van der Waals surface area contributed by atoms with Crippen LogP contribution in [0.15, 0.2) is 265 Å². The van der Waals surface area contributed by atoms with Gasteiger partial charge in [-0.15, -0.1) is 0 Å². The molecule has 0 saturated heterocycles. The smallest absolute Gasteiger partial charge is 0.135 e. The van der Waals surface area contributed by atoms with E-state index in [0.29, 0.717) is 0 Å². The van der Waals surface area contributed by atoms with Crippen molar-refractivity contribution in [3.63, 3.8) is 0 Å². The van der Waals surface area contributed by atoms with Crippen molar-refractivity contribution in [2.24, 2.45) is 0 Å². The third-order valence-corrected chi connectivity index (χ3v) is 14.1. The van der Waals surface area contributed by atoms with Gasteiger partial charge in [0.1, 0.15) is 11.2 Å².